The number of hydrogen-bond acceptors (Lipinski definition) is 2. The Kier molecular flexibility index (Phi) is 2.32. The Labute approximate surface area is 100 Å². The van der Waals surface area contributed by atoms with Gasteiger partial charge in [-0.25, -0.2) is 0 Å². The normalized spacial score (nSPS) is 16.7. The van der Waals surface area contributed by atoms with E-state index < -0.39 is 0 Å². The maximum atomic E-state index is 11.0. The van der Waals surface area contributed by atoms with Crippen LogP contribution in [0.5, 0.6) is 0 Å². The molecule has 1 aliphatic rings. The molecule has 1 fully saturated rings. The first kappa shape index (κ1) is 10.3. The summed E-state index contributed by atoms with van der Waals surface area (Å²) in [6.07, 6.45) is 6.82. The summed E-state index contributed by atoms with van der Waals surface area (Å²) in [5.41, 5.74) is 2.07. The van der Waals surface area contributed by atoms with Crippen molar-refractivity contribution in [3.63, 3.8) is 0 Å². The van der Waals surface area contributed by atoms with Gasteiger partial charge < -0.3 is 4.79 Å². The summed E-state index contributed by atoms with van der Waals surface area (Å²) in [7, 11) is 0. The lowest BCUT2D eigenvalue weighted by Gasteiger charge is -2.02. The van der Waals surface area contributed by atoms with Crippen molar-refractivity contribution in [2.75, 3.05) is 0 Å². The molecule has 1 aromatic carbocycles. The molecule has 1 heterocycles. The summed E-state index contributed by atoms with van der Waals surface area (Å²) < 4.78 is 1.90. The van der Waals surface area contributed by atoms with Crippen LogP contribution in [-0.2, 0) is 16.8 Å². The van der Waals surface area contributed by atoms with Crippen molar-refractivity contribution in [3.05, 3.63) is 53.9 Å². The first-order chi connectivity index (χ1) is 8.32. The molecule has 1 aliphatic carbocycles. The minimum atomic E-state index is -0.213. The largest absolute Gasteiger partial charge is 0.302 e. The number of aldehydes is 1. The predicted molar refractivity (Wildman–Crippen MR) is 64.7 cm³/mol. The van der Waals surface area contributed by atoms with Gasteiger partial charge in [0.05, 0.1) is 18.2 Å². The molecule has 0 unspecified atom stereocenters. The summed E-state index contributed by atoms with van der Waals surface area (Å²) >= 11 is 0. The van der Waals surface area contributed by atoms with E-state index >= 15 is 0 Å². The maximum Gasteiger partial charge on any atom is 0.130 e. The molecule has 0 N–H and O–H groups in total. The van der Waals surface area contributed by atoms with Crippen molar-refractivity contribution in [3.8, 4) is 0 Å². The molecule has 0 spiro atoms. The van der Waals surface area contributed by atoms with Crippen molar-refractivity contribution in [2.24, 2.45) is 0 Å². The van der Waals surface area contributed by atoms with Crippen LogP contribution >= 0.6 is 0 Å². The topological polar surface area (TPSA) is 34.9 Å². The molecule has 0 saturated heterocycles. The predicted octanol–water partition coefficient (Wildman–Crippen LogP) is 2.16. The van der Waals surface area contributed by atoms with E-state index in [0.29, 0.717) is 0 Å². The fraction of sp³-hybridized carbons (Fsp3) is 0.286. The smallest absolute Gasteiger partial charge is 0.130 e. The monoisotopic (exact) mass is 226 g/mol. The van der Waals surface area contributed by atoms with Gasteiger partial charge >= 0.3 is 0 Å². The van der Waals surface area contributed by atoms with Gasteiger partial charge in [0.2, 0.25) is 0 Å². The van der Waals surface area contributed by atoms with Gasteiger partial charge in [-0.3, -0.25) is 4.68 Å². The summed E-state index contributed by atoms with van der Waals surface area (Å²) in [5, 5.41) is 4.32. The van der Waals surface area contributed by atoms with Crippen LogP contribution in [0.4, 0.5) is 0 Å². The molecular formula is C14H14N2O. The minimum absolute atomic E-state index is 0.213. The maximum absolute atomic E-state index is 11.0. The highest BCUT2D eigenvalue weighted by atomic mass is 16.1. The molecule has 3 nitrogen and oxygen atoms in total. The van der Waals surface area contributed by atoms with Crippen molar-refractivity contribution >= 4 is 6.29 Å². The van der Waals surface area contributed by atoms with Crippen molar-refractivity contribution in [1.29, 1.82) is 0 Å². The highest BCUT2D eigenvalue weighted by Gasteiger charge is 2.45. The fourth-order valence-electron chi connectivity index (χ4n) is 2.09. The molecule has 2 aromatic rings. The summed E-state index contributed by atoms with van der Waals surface area (Å²) in [6, 6.07) is 10.2. The van der Waals surface area contributed by atoms with Crippen LogP contribution in [0.3, 0.4) is 0 Å². The number of nitrogens with zero attached hydrogens (tertiary/aromatic N) is 2. The van der Waals surface area contributed by atoms with Crippen molar-refractivity contribution in [2.45, 2.75) is 24.8 Å². The lowest BCUT2D eigenvalue weighted by atomic mass is 10.0. The van der Waals surface area contributed by atoms with E-state index in [9.17, 15) is 4.79 Å². The van der Waals surface area contributed by atoms with Crippen molar-refractivity contribution < 1.29 is 4.79 Å². The highest BCUT2D eigenvalue weighted by Crippen LogP contribution is 2.45. The van der Waals surface area contributed by atoms with E-state index in [-0.39, 0.29) is 5.41 Å². The molecule has 3 heteroatoms. The summed E-state index contributed by atoms with van der Waals surface area (Å²) in [5.74, 6) is 0. The van der Waals surface area contributed by atoms with Crippen LogP contribution in [0.1, 0.15) is 24.0 Å². The van der Waals surface area contributed by atoms with Gasteiger partial charge in [-0.15, -0.1) is 0 Å². The molecule has 0 atom stereocenters. The number of aromatic nitrogens is 2. The van der Waals surface area contributed by atoms with Gasteiger partial charge in [0.1, 0.15) is 6.29 Å². The number of rotatable bonds is 4. The molecule has 0 radical (unpaired) electrons. The highest BCUT2D eigenvalue weighted by molar-refractivity contribution is 5.72. The van der Waals surface area contributed by atoms with Crippen LogP contribution in [0.25, 0.3) is 0 Å². The Hall–Kier alpha value is -1.90. The van der Waals surface area contributed by atoms with Gasteiger partial charge in [0.25, 0.3) is 0 Å². The number of carbonyl (C=O) groups excluding carboxylic acids is 1. The van der Waals surface area contributed by atoms with Gasteiger partial charge in [-0.1, -0.05) is 30.3 Å². The quantitative estimate of drug-likeness (QED) is 0.749. The van der Waals surface area contributed by atoms with Gasteiger partial charge in [0, 0.05) is 11.8 Å². The molecular weight excluding hydrogens is 212 g/mol. The second kappa shape index (κ2) is 3.84. The van der Waals surface area contributed by atoms with Crippen LogP contribution in [-0.4, -0.2) is 16.1 Å². The molecule has 0 aliphatic heterocycles. The lowest BCUT2D eigenvalue weighted by Crippen LogP contribution is -2.06. The first-order valence-electron chi connectivity index (χ1n) is 5.86. The molecule has 1 saturated carbocycles. The standard InChI is InChI=1S/C14H14N2O/c17-11-14(6-7-14)13-8-15-16(10-13)9-12-4-2-1-3-5-12/h1-5,8,10-11H,6-7,9H2. The minimum Gasteiger partial charge on any atom is -0.302 e. The van der Waals surface area contributed by atoms with Crippen molar-refractivity contribution in [1.82, 2.24) is 9.78 Å². The van der Waals surface area contributed by atoms with Crippen LogP contribution < -0.4 is 0 Å². The van der Waals surface area contributed by atoms with E-state index in [0.717, 1.165) is 31.2 Å². The Bertz CT molecular complexity index is 526. The van der Waals surface area contributed by atoms with E-state index in [4.69, 9.17) is 0 Å². The van der Waals surface area contributed by atoms with Crippen LogP contribution in [0.15, 0.2) is 42.7 Å². The number of hydrogen-bond donors (Lipinski definition) is 0. The molecule has 17 heavy (non-hydrogen) atoms. The average molecular weight is 226 g/mol. The molecule has 0 amide bonds. The Balaban J connectivity index is 1.80. The van der Waals surface area contributed by atoms with Gasteiger partial charge in [-0.2, -0.15) is 5.10 Å². The zero-order valence-electron chi connectivity index (χ0n) is 9.54. The number of benzene rings is 1. The molecule has 86 valence electrons. The lowest BCUT2D eigenvalue weighted by molar-refractivity contribution is -0.109. The zero-order valence-corrected chi connectivity index (χ0v) is 9.54. The third-order valence-electron chi connectivity index (χ3n) is 3.41. The third-order valence-corrected chi connectivity index (χ3v) is 3.41. The first-order valence-corrected chi connectivity index (χ1v) is 5.86. The van der Waals surface area contributed by atoms with E-state index in [2.05, 4.69) is 17.2 Å². The fourth-order valence-corrected chi connectivity index (χ4v) is 2.09. The number of carbonyl (C=O) groups is 1. The Morgan fingerprint density at radius 1 is 1.29 bits per heavy atom. The van der Waals surface area contributed by atoms with Crippen LogP contribution in [0.2, 0.25) is 0 Å². The second-order valence-electron chi connectivity index (χ2n) is 4.69. The zero-order chi connectivity index (χ0) is 11.7. The van der Waals surface area contributed by atoms with Crippen LogP contribution in [0, 0.1) is 0 Å². The summed E-state index contributed by atoms with van der Waals surface area (Å²) in [4.78, 5) is 11.0. The molecule has 0 bridgehead atoms. The summed E-state index contributed by atoms with van der Waals surface area (Å²) in [6.45, 7) is 0.760. The van der Waals surface area contributed by atoms with Gasteiger partial charge in [0.15, 0.2) is 0 Å². The Morgan fingerprint density at radius 2 is 2.06 bits per heavy atom. The van der Waals surface area contributed by atoms with E-state index in [1.165, 1.54) is 5.56 Å². The average Bonchev–Trinajstić information content (AvgIpc) is 3.05. The third kappa shape index (κ3) is 1.88. The second-order valence-corrected chi connectivity index (χ2v) is 4.69. The van der Waals surface area contributed by atoms with Gasteiger partial charge in [-0.05, 0) is 18.4 Å². The van der Waals surface area contributed by atoms with E-state index in [1.807, 2.05) is 35.3 Å². The molecule has 3 rings (SSSR count). The Morgan fingerprint density at radius 3 is 2.71 bits per heavy atom. The molecule has 1 aromatic heterocycles. The van der Waals surface area contributed by atoms with E-state index in [1.54, 1.807) is 0 Å². The SMILES string of the molecule is O=CC1(c2cnn(Cc3ccccc3)c2)CC1.